The topological polar surface area (TPSA) is 62.0 Å². The average Bonchev–Trinajstić information content (AvgIpc) is 3.56. The van der Waals surface area contributed by atoms with Crippen molar-refractivity contribution in [2.75, 3.05) is 13.2 Å². The molecule has 0 spiro atoms. The van der Waals surface area contributed by atoms with Crippen molar-refractivity contribution < 1.29 is 32.2 Å². The fraction of sp³-hybridized carbons (Fsp3) is 0.615. The lowest BCUT2D eigenvalue weighted by molar-refractivity contribution is -0.137. The number of aromatic nitrogens is 1. The average molecular weight is 527 g/mol. The first-order chi connectivity index (χ1) is 16.9. The summed E-state index contributed by atoms with van der Waals surface area (Å²) < 4.78 is 59.8. The van der Waals surface area contributed by atoms with Crippen molar-refractivity contribution in [2.45, 2.75) is 89.8 Å². The number of carbonyl (C=O) groups excluding carboxylic acids is 1. The molecule has 2 aromatic rings. The molecule has 2 fully saturated rings. The van der Waals surface area contributed by atoms with Gasteiger partial charge in [-0.3, -0.25) is 4.79 Å². The molecule has 1 aromatic carbocycles. The van der Waals surface area contributed by atoms with Crippen LogP contribution < -0.4 is 9.54 Å². The van der Waals surface area contributed by atoms with Gasteiger partial charge in [-0.05, 0) is 56.2 Å². The Kier molecular flexibility index (Phi) is 7.97. The Morgan fingerprint density at radius 1 is 1.19 bits per heavy atom. The molecule has 0 saturated carbocycles. The zero-order valence-electron chi connectivity index (χ0n) is 21.1. The van der Waals surface area contributed by atoms with Crippen LogP contribution in [0.1, 0.15) is 74.2 Å². The summed E-state index contributed by atoms with van der Waals surface area (Å²) >= 11 is 1.36. The maximum atomic E-state index is 13.5. The minimum atomic E-state index is -4.60. The fourth-order valence-electron chi connectivity index (χ4n) is 4.32. The molecule has 3 atom stereocenters. The Morgan fingerprint density at radius 3 is 2.53 bits per heavy atom. The quantitative estimate of drug-likeness (QED) is 0.482. The van der Waals surface area contributed by atoms with Crippen LogP contribution in [0.3, 0.4) is 0 Å². The summed E-state index contributed by atoms with van der Waals surface area (Å²) in [5.74, 6) is -0.711. The molecule has 6 nitrogen and oxygen atoms in total. The van der Waals surface area contributed by atoms with Crippen molar-refractivity contribution >= 4 is 17.2 Å². The van der Waals surface area contributed by atoms with E-state index in [2.05, 4.69) is 25.8 Å². The molecule has 0 aliphatic carbocycles. The van der Waals surface area contributed by atoms with Gasteiger partial charge in [0.05, 0.1) is 29.9 Å². The summed E-state index contributed by atoms with van der Waals surface area (Å²) in [5.41, 5.74) is -1.32. The van der Waals surface area contributed by atoms with Gasteiger partial charge >= 0.3 is 6.18 Å². The van der Waals surface area contributed by atoms with Crippen LogP contribution in [-0.4, -0.2) is 42.0 Å². The molecular weight excluding hydrogens is 493 g/mol. The number of carbonyl (C=O) groups is 1. The van der Waals surface area contributed by atoms with Gasteiger partial charge in [0.25, 0.3) is 5.91 Å². The number of hydrogen-bond acceptors (Lipinski definition) is 5. The second-order valence-electron chi connectivity index (χ2n) is 10.4. The Hall–Kier alpha value is -2.17. The molecule has 2 aliphatic rings. The van der Waals surface area contributed by atoms with Gasteiger partial charge in [-0.25, -0.2) is 0 Å². The van der Waals surface area contributed by atoms with Crippen LogP contribution in [-0.2, 0) is 27.6 Å². The number of thiazole rings is 1. The van der Waals surface area contributed by atoms with E-state index in [1.807, 2.05) is 10.8 Å². The molecular formula is C26H33F3N2O4S. The van der Waals surface area contributed by atoms with E-state index in [-0.39, 0.29) is 28.9 Å². The predicted molar refractivity (Wildman–Crippen MR) is 130 cm³/mol. The van der Waals surface area contributed by atoms with Crippen LogP contribution in [0.4, 0.5) is 13.2 Å². The summed E-state index contributed by atoms with van der Waals surface area (Å²) in [5, 5.41) is 0. The van der Waals surface area contributed by atoms with Gasteiger partial charge < -0.3 is 18.8 Å². The third kappa shape index (κ3) is 6.39. The zero-order chi connectivity index (χ0) is 26.1. The van der Waals surface area contributed by atoms with Crippen molar-refractivity contribution in [3.8, 4) is 5.75 Å². The highest BCUT2D eigenvalue weighted by atomic mass is 32.1. The normalized spacial score (nSPS) is 22.2. The van der Waals surface area contributed by atoms with Gasteiger partial charge in [0, 0.05) is 24.3 Å². The Labute approximate surface area is 213 Å². The molecule has 2 saturated heterocycles. The minimum Gasteiger partial charge on any atom is -0.487 e. The molecule has 3 heterocycles. The smallest absolute Gasteiger partial charge is 0.416 e. The maximum Gasteiger partial charge on any atom is 0.416 e. The molecule has 0 N–H and O–H groups in total. The highest BCUT2D eigenvalue weighted by molar-refractivity contribution is 7.09. The van der Waals surface area contributed by atoms with E-state index in [1.165, 1.54) is 17.4 Å². The zero-order valence-corrected chi connectivity index (χ0v) is 21.9. The predicted octanol–water partition coefficient (Wildman–Crippen LogP) is 5.73. The summed E-state index contributed by atoms with van der Waals surface area (Å²) in [6.07, 6.45) is 0.351. The summed E-state index contributed by atoms with van der Waals surface area (Å²) in [7, 11) is 0. The van der Waals surface area contributed by atoms with E-state index in [9.17, 15) is 18.0 Å². The first kappa shape index (κ1) is 26.9. The molecule has 2 unspecified atom stereocenters. The van der Waals surface area contributed by atoms with Crippen LogP contribution in [0.2, 0.25) is 0 Å². The summed E-state index contributed by atoms with van der Waals surface area (Å²) in [6.45, 7) is 9.82. The van der Waals surface area contributed by atoms with Gasteiger partial charge in [-0.15, -0.1) is 11.3 Å². The first-order valence-corrected chi connectivity index (χ1v) is 13.1. The van der Waals surface area contributed by atoms with Crippen LogP contribution in [0.25, 0.3) is 0 Å². The number of halogens is 3. The monoisotopic (exact) mass is 526 g/mol. The molecule has 1 amide bonds. The van der Waals surface area contributed by atoms with E-state index >= 15 is 0 Å². The van der Waals surface area contributed by atoms with Gasteiger partial charge in [0.2, 0.25) is 0 Å². The number of amides is 1. The third-order valence-electron chi connectivity index (χ3n) is 6.42. The van der Waals surface area contributed by atoms with Gasteiger partial charge in [-0.1, -0.05) is 20.8 Å². The van der Waals surface area contributed by atoms with E-state index in [1.54, 1.807) is 6.92 Å². The standard InChI is InChI=1S/C26H33F3N2O4S/c1-16(20-8-6-12-34-20)35-21-10-9-17(26(27,28)29)13-19(21)23(32)30-24-31(14-18-7-5-11-33-18)15-22(36-24)25(2,3)4/h9-10,13,15-16,18,20H,5-8,11-12,14H2,1-4H3/t16?,18-,20?/m1/s1. The second-order valence-corrected chi connectivity index (χ2v) is 11.4. The van der Waals surface area contributed by atoms with Crippen LogP contribution in [0, 0.1) is 0 Å². The van der Waals surface area contributed by atoms with Crippen molar-refractivity contribution in [3.05, 3.63) is 45.2 Å². The van der Waals surface area contributed by atoms with Crippen molar-refractivity contribution in [1.82, 2.24) is 4.57 Å². The second kappa shape index (κ2) is 10.7. The molecule has 4 rings (SSSR count). The van der Waals surface area contributed by atoms with Crippen LogP contribution in [0.15, 0.2) is 29.4 Å². The fourth-order valence-corrected chi connectivity index (χ4v) is 5.38. The highest BCUT2D eigenvalue weighted by Crippen LogP contribution is 2.34. The summed E-state index contributed by atoms with van der Waals surface area (Å²) in [4.78, 5) is 19.1. The van der Waals surface area contributed by atoms with Crippen LogP contribution >= 0.6 is 11.3 Å². The lowest BCUT2D eigenvalue weighted by Gasteiger charge is -2.22. The third-order valence-corrected chi connectivity index (χ3v) is 7.87. The van der Waals surface area contributed by atoms with Gasteiger partial charge in [-0.2, -0.15) is 18.2 Å². The van der Waals surface area contributed by atoms with Crippen LogP contribution in [0.5, 0.6) is 5.75 Å². The first-order valence-electron chi connectivity index (χ1n) is 12.3. The lowest BCUT2D eigenvalue weighted by atomic mass is 9.95. The number of alkyl halides is 3. The van der Waals surface area contributed by atoms with Gasteiger partial charge in [0.1, 0.15) is 11.9 Å². The number of hydrogen-bond donors (Lipinski definition) is 0. The molecule has 0 radical (unpaired) electrons. The van der Waals surface area contributed by atoms with Crippen molar-refractivity contribution in [2.24, 2.45) is 4.99 Å². The Morgan fingerprint density at radius 2 is 1.92 bits per heavy atom. The Balaban J connectivity index is 1.72. The van der Waals surface area contributed by atoms with Gasteiger partial charge in [0.15, 0.2) is 4.80 Å². The number of ether oxygens (including phenoxy) is 3. The largest absolute Gasteiger partial charge is 0.487 e. The van der Waals surface area contributed by atoms with E-state index in [0.717, 1.165) is 42.7 Å². The SMILES string of the molecule is CC(Oc1ccc(C(F)(F)F)cc1C(=O)N=c1sc(C(C)(C)C)cn1C[C@H]1CCCO1)C1CCCO1. The maximum absolute atomic E-state index is 13.5. The highest BCUT2D eigenvalue weighted by Gasteiger charge is 2.33. The molecule has 36 heavy (non-hydrogen) atoms. The van der Waals surface area contributed by atoms with E-state index in [4.69, 9.17) is 14.2 Å². The molecule has 1 aromatic heterocycles. The lowest BCUT2D eigenvalue weighted by Crippen LogP contribution is -2.29. The van der Waals surface area contributed by atoms with Crippen molar-refractivity contribution in [3.63, 3.8) is 0 Å². The van der Waals surface area contributed by atoms with Crippen molar-refractivity contribution in [1.29, 1.82) is 0 Å². The van der Waals surface area contributed by atoms with E-state index < -0.39 is 23.8 Å². The molecule has 10 heteroatoms. The molecule has 2 aliphatic heterocycles. The molecule has 0 bridgehead atoms. The minimum absolute atomic E-state index is 0.0150. The Bertz CT molecular complexity index is 1140. The van der Waals surface area contributed by atoms with E-state index in [0.29, 0.717) is 24.6 Å². The summed E-state index contributed by atoms with van der Waals surface area (Å²) in [6, 6.07) is 2.95. The number of benzene rings is 1. The number of rotatable bonds is 6. The number of nitrogens with zero attached hydrogens (tertiary/aromatic N) is 2. The molecule has 198 valence electrons.